The lowest BCUT2D eigenvalue weighted by Crippen LogP contribution is -2.28. The second-order valence-electron chi connectivity index (χ2n) is 8.45. The van der Waals surface area contributed by atoms with Gasteiger partial charge in [-0.15, -0.1) is 0 Å². The van der Waals surface area contributed by atoms with E-state index in [1.165, 1.54) is 5.56 Å². The molecule has 176 valence electrons. The van der Waals surface area contributed by atoms with Gasteiger partial charge in [0.25, 0.3) is 11.8 Å². The maximum atomic E-state index is 13.0. The molecule has 35 heavy (non-hydrogen) atoms. The number of anilines is 2. The van der Waals surface area contributed by atoms with Crippen LogP contribution in [0.15, 0.2) is 77.3 Å². The van der Waals surface area contributed by atoms with Crippen LogP contribution >= 0.6 is 0 Å². The van der Waals surface area contributed by atoms with E-state index in [0.29, 0.717) is 34.9 Å². The Morgan fingerprint density at radius 1 is 1.00 bits per heavy atom. The van der Waals surface area contributed by atoms with E-state index in [9.17, 15) is 9.59 Å². The van der Waals surface area contributed by atoms with Crippen LogP contribution < -0.4 is 15.0 Å². The van der Waals surface area contributed by atoms with Crippen LogP contribution in [0.1, 0.15) is 43.3 Å². The zero-order valence-electron chi connectivity index (χ0n) is 19.6. The highest BCUT2D eigenvalue weighted by Gasteiger charge is 2.25. The number of hydrogen-bond acceptors (Lipinski definition) is 5. The summed E-state index contributed by atoms with van der Waals surface area (Å²) < 4.78 is 11.1. The highest BCUT2D eigenvalue weighted by Crippen LogP contribution is 2.29. The Kier molecular flexibility index (Phi) is 6.06. The molecule has 0 atom stereocenters. The van der Waals surface area contributed by atoms with E-state index in [-0.39, 0.29) is 18.4 Å². The third-order valence-electron chi connectivity index (χ3n) is 6.21. The van der Waals surface area contributed by atoms with Gasteiger partial charge in [-0.05, 0) is 68.3 Å². The van der Waals surface area contributed by atoms with Crippen molar-refractivity contribution in [2.45, 2.75) is 26.9 Å². The molecule has 0 saturated carbocycles. The Morgan fingerprint density at radius 2 is 1.74 bits per heavy atom. The van der Waals surface area contributed by atoms with Crippen LogP contribution in [0.2, 0.25) is 0 Å². The molecule has 0 aliphatic carbocycles. The molecule has 3 aromatic carbocycles. The number of benzene rings is 3. The molecule has 1 N–H and O–H groups in total. The quantitative estimate of drug-likeness (QED) is 0.415. The van der Waals surface area contributed by atoms with Crippen molar-refractivity contribution >= 4 is 23.2 Å². The Labute approximate surface area is 203 Å². The highest BCUT2D eigenvalue weighted by atomic mass is 16.5. The molecule has 1 aliphatic heterocycles. The molecular formula is C28H25N3O4. The second kappa shape index (κ2) is 9.46. The Hall–Kier alpha value is -4.39. The van der Waals surface area contributed by atoms with Gasteiger partial charge < -0.3 is 19.5 Å². The number of para-hydroxylation sites is 2. The number of nitrogens with one attached hydrogen (secondary N) is 1. The fraction of sp³-hybridized carbons (Fsp3) is 0.179. The smallest absolute Gasteiger partial charge is 0.259 e. The topological polar surface area (TPSA) is 84.7 Å². The Morgan fingerprint density at radius 3 is 2.51 bits per heavy atom. The first-order valence-electron chi connectivity index (χ1n) is 11.5. The molecule has 7 heteroatoms. The SMILES string of the molecule is Cc1noc(C)c1COc1ccccc1C(=O)Nc1ccc(C(=O)N2CCc3ccccc32)cc1. The van der Waals surface area contributed by atoms with E-state index in [4.69, 9.17) is 9.26 Å². The van der Waals surface area contributed by atoms with Gasteiger partial charge >= 0.3 is 0 Å². The van der Waals surface area contributed by atoms with E-state index < -0.39 is 0 Å². The van der Waals surface area contributed by atoms with Crippen LogP contribution in [0.3, 0.4) is 0 Å². The third-order valence-corrected chi connectivity index (χ3v) is 6.21. The van der Waals surface area contributed by atoms with Gasteiger partial charge in [-0.1, -0.05) is 35.5 Å². The van der Waals surface area contributed by atoms with Crippen molar-refractivity contribution in [3.8, 4) is 5.75 Å². The van der Waals surface area contributed by atoms with Crippen LogP contribution in [0.5, 0.6) is 5.75 Å². The monoisotopic (exact) mass is 467 g/mol. The first-order chi connectivity index (χ1) is 17.0. The molecule has 1 aliphatic rings. The maximum absolute atomic E-state index is 13.0. The second-order valence-corrected chi connectivity index (χ2v) is 8.45. The van der Waals surface area contributed by atoms with Crippen LogP contribution in [0.25, 0.3) is 0 Å². The molecule has 0 radical (unpaired) electrons. The summed E-state index contributed by atoms with van der Waals surface area (Å²) in [6, 6.07) is 22.0. The van der Waals surface area contributed by atoms with E-state index in [1.807, 2.05) is 38.1 Å². The van der Waals surface area contributed by atoms with E-state index in [0.717, 1.165) is 23.4 Å². The van der Waals surface area contributed by atoms with Gasteiger partial charge in [0.15, 0.2) is 0 Å². The van der Waals surface area contributed by atoms with Crippen molar-refractivity contribution in [3.05, 3.63) is 107 Å². The van der Waals surface area contributed by atoms with Crippen molar-refractivity contribution in [2.75, 3.05) is 16.8 Å². The summed E-state index contributed by atoms with van der Waals surface area (Å²) in [7, 11) is 0. The van der Waals surface area contributed by atoms with Gasteiger partial charge in [0, 0.05) is 23.5 Å². The average Bonchev–Trinajstić information content (AvgIpc) is 3.45. The molecule has 4 aromatic rings. The summed E-state index contributed by atoms with van der Waals surface area (Å²) in [5.41, 5.74) is 5.34. The lowest BCUT2D eigenvalue weighted by molar-refractivity contribution is 0.0988. The maximum Gasteiger partial charge on any atom is 0.259 e. The zero-order chi connectivity index (χ0) is 24.4. The predicted molar refractivity (Wildman–Crippen MR) is 133 cm³/mol. The zero-order valence-corrected chi connectivity index (χ0v) is 19.6. The van der Waals surface area contributed by atoms with Crippen molar-refractivity contribution < 1.29 is 18.8 Å². The van der Waals surface area contributed by atoms with E-state index in [2.05, 4.69) is 16.5 Å². The fourth-order valence-electron chi connectivity index (χ4n) is 4.24. The average molecular weight is 468 g/mol. The number of carbonyl (C=O) groups excluding carboxylic acids is 2. The number of ether oxygens (including phenoxy) is 1. The molecule has 0 unspecified atom stereocenters. The van der Waals surface area contributed by atoms with Crippen LogP contribution in [0, 0.1) is 13.8 Å². The molecule has 0 fully saturated rings. The summed E-state index contributed by atoms with van der Waals surface area (Å²) >= 11 is 0. The number of fused-ring (bicyclic) bond motifs is 1. The van der Waals surface area contributed by atoms with Gasteiger partial charge in [0.1, 0.15) is 18.1 Å². The largest absolute Gasteiger partial charge is 0.488 e. The number of amides is 2. The minimum Gasteiger partial charge on any atom is -0.488 e. The number of rotatable bonds is 6. The van der Waals surface area contributed by atoms with Gasteiger partial charge in [-0.2, -0.15) is 0 Å². The highest BCUT2D eigenvalue weighted by molar-refractivity contribution is 6.08. The molecule has 5 rings (SSSR count). The number of nitrogens with zero attached hydrogens (tertiary/aromatic N) is 2. The normalized spacial score (nSPS) is 12.3. The number of hydrogen-bond donors (Lipinski definition) is 1. The molecule has 1 aromatic heterocycles. The van der Waals surface area contributed by atoms with Gasteiger partial charge in [0.05, 0.1) is 16.8 Å². The predicted octanol–water partition coefficient (Wildman–Crippen LogP) is 5.33. The van der Waals surface area contributed by atoms with Crippen LogP contribution in [-0.4, -0.2) is 23.5 Å². The van der Waals surface area contributed by atoms with Crippen LogP contribution in [0.4, 0.5) is 11.4 Å². The summed E-state index contributed by atoms with van der Waals surface area (Å²) in [5, 5.41) is 6.83. The first-order valence-corrected chi connectivity index (χ1v) is 11.5. The van der Waals surface area contributed by atoms with Crippen LogP contribution in [-0.2, 0) is 13.0 Å². The Bertz CT molecular complexity index is 1370. The van der Waals surface area contributed by atoms with E-state index >= 15 is 0 Å². The standard InChI is InChI=1S/C28H25N3O4/c1-18-24(19(2)35-30-18)17-34-26-10-6-4-8-23(26)27(32)29-22-13-11-21(12-14-22)28(33)31-16-15-20-7-3-5-9-25(20)31/h3-14H,15-17H2,1-2H3,(H,29,32). The molecule has 7 nitrogen and oxygen atoms in total. The van der Waals surface area contributed by atoms with Gasteiger partial charge in [-0.25, -0.2) is 0 Å². The Balaban J connectivity index is 1.27. The van der Waals surface area contributed by atoms with Crippen molar-refractivity contribution in [1.82, 2.24) is 5.16 Å². The lowest BCUT2D eigenvalue weighted by atomic mass is 10.1. The third kappa shape index (κ3) is 4.53. The summed E-state index contributed by atoms with van der Waals surface area (Å²) in [6.45, 7) is 4.60. The molecular weight excluding hydrogens is 442 g/mol. The molecule has 0 spiro atoms. The molecule has 2 heterocycles. The molecule has 0 saturated heterocycles. The van der Waals surface area contributed by atoms with Crippen molar-refractivity contribution in [3.63, 3.8) is 0 Å². The van der Waals surface area contributed by atoms with Gasteiger partial charge in [0.2, 0.25) is 0 Å². The van der Waals surface area contributed by atoms with Crippen molar-refractivity contribution in [2.24, 2.45) is 0 Å². The lowest BCUT2D eigenvalue weighted by Gasteiger charge is -2.17. The first kappa shape index (κ1) is 22.4. The summed E-state index contributed by atoms with van der Waals surface area (Å²) in [4.78, 5) is 27.8. The van der Waals surface area contributed by atoms with Gasteiger partial charge in [-0.3, -0.25) is 9.59 Å². The van der Waals surface area contributed by atoms with Crippen molar-refractivity contribution in [1.29, 1.82) is 0 Å². The number of carbonyl (C=O) groups is 2. The van der Waals surface area contributed by atoms with E-state index in [1.54, 1.807) is 47.4 Å². The minimum atomic E-state index is -0.299. The number of aryl methyl sites for hydroxylation is 2. The summed E-state index contributed by atoms with van der Waals surface area (Å²) in [6.07, 6.45) is 0.855. The fourth-order valence-corrected chi connectivity index (χ4v) is 4.24. The molecule has 2 amide bonds. The summed E-state index contributed by atoms with van der Waals surface area (Å²) in [5.74, 6) is 0.804. The minimum absolute atomic E-state index is 0.0501. The number of aromatic nitrogens is 1. The molecule has 0 bridgehead atoms.